The average molecular weight is 330 g/mol. The lowest BCUT2D eigenvalue weighted by Crippen LogP contribution is -2.47. The van der Waals surface area contributed by atoms with E-state index in [0.29, 0.717) is 11.5 Å². The van der Waals surface area contributed by atoms with E-state index in [0.717, 1.165) is 22.9 Å². The van der Waals surface area contributed by atoms with Crippen molar-refractivity contribution in [1.82, 2.24) is 0 Å². The normalized spacial score (nSPS) is 26.3. The predicted octanol–water partition coefficient (Wildman–Crippen LogP) is 1.97. The summed E-state index contributed by atoms with van der Waals surface area (Å²) in [6, 6.07) is 4.19. The van der Waals surface area contributed by atoms with Gasteiger partial charge in [0.1, 0.15) is 18.4 Å². The summed E-state index contributed by atoms with van der Waals surface area (Å²) in [7, 11) is 0. The van der Waals surface area contributed by atoms with Crippen LogP contribution in [-0.2, 0) is 18.5 Å². The van der Waals surface area contributed by atoms with Gasteiger partial charge in [0.25, 0.3) is 0 Å². The molecule has 0 spiro atoms. The minimum Gasteiger partial charge on any atom is -0.298 e. The highest BCUT2D eigenvalue weighted by atomic mass is 79.9. The van der Waals surface area contributed by atoms with Gasteiger partial charge in [0.2, 0.25) is 0 Å². The van der Waals surface area contributed by atoms with E-state index in [2.05, 4.69) is 42.0 Å². The van der Waals surface area contributed by atoms with Gasteiger partial charge in [-0.1, -0.05) is 22.0 Å². The summed E-state index contributed by atoms with van der Waals surface area (Å²) in [5, 5.41) is 0. The van der Waals surface area contributed by atoms with Crippen LogP contribution in [0.15, 0.2) is 36.6 Å². The Morgan fingerprint density at radius 2 is 2.05 bits per heavy atom. The Kier molecular flexibility index (Phi) is 2.52. The van der Waals surface area contributed by atoms with Crippen molar-refractivity contribution in [3.05, 3.63) is 33.3 Å². The number of benzene rings is 1. The fourth-order valence-corrected chi connectivity index (χ4v) is 3.64. The molecule has 1 aromatic rings. The molecule has 2 N–H and O–H groups in total. The first-order valence-corrected chi connectivity index (χ1v) is 7.31. The lowest BCUT2D eigenvalue weighted by atomic mass is 9.91. The first kappa shape index (κ1) is 12.1. The molecule has 0 aromatic heterocycles. The summed E-state index contributed by atoms with van der Waals surface area (Å²) in [5.74, 6) is 0.555. The van der Waals surface area contributed by atoms with E-state index >= 15 is 0 Å². The standard InChI is InChI=1S/C14H12BrN5/c15-11-5-9(4-8-2-1-3-10(8)11)14(16)12-13(18-6-17-12)19-7-20-14/h4-7H,1-3,16H2. The second kappa shape index (κ2) is 4.17. The third kappa shape index (κ3) is 1.58. The highest BCUT2D eigenvalue weighted by Crippen LogP contribution is 2.35. The molecule has 1 atom stereocenters. The molecule has 0 amide bonds. The number of fused-ring (bicyclic) bond motifs is 2. The summed E-state index contributed by atoms with van der Waals surface area (Å²) in [5.41, 5.74) is 9.80. The van der Waals surface area contributed by atoms with E-state index in [1.54, 1.807) is 0 Å². The monoisotopic (exact) mass is 329 g/mol. The maximum absolute atomic E-state index is 6.52. The number of hydrogen-bond donors (Lipinski definition) is 1. The van der Waals surface area contributed by atoms with Crippen LogP contribution in [0, 0.1) is 0 Å². The molecule has 20 heavy (non-hydrogen) atoms. The fourth-order valence-electron chi connectivity index (χ4n) is 2.94. The van der Waals surface area contributed by atoms with Crippen LogP contribution in [0.25, 0.3) is 0 Å². The van der Waals surface area contributed by atoms with E-state index in [1.165, 1.54) is 30.2 Å². The first-order chi connectivity index (χ1) is 9.68. The van der Waals surface area contributed by atoms with Crippen molar-refractivity contribution in [3.8, 4) is 0 Å². The molecule has 2 aliphatic heterocycles. The number of aryl methyl sites for hydroxylation is 1. The summed E-state index contributed by atoms with van der Waals surface area (Å²) >= 11 is 3.65. The first-order valence-electron chi connectivity index (χ1n) is 6.52. The third-order valence-electron chi connectivity index (χ3n) is 3.98. The Morgan fingerprint density at radius 3 is 2.95 bits per heavy atom. The summed E-state index contributed by atoms with van der Waals surface area (Å²) in [6.45, 7) is 0. The van der Waals surface area contributed by atoms with Gasteiger partial charge in [0, 0.05) is 10.0 Å². The molecule has 0 saturated carbocycles. The van der Waals surface area contributed by atoms with E-state index in [4.69, 9.17) is 5.73 Å². The van der Waals surface area contributed by atoms with Crippen molar-refractivity contribution in [2.45, 2.75) is 24.9 Å². The van der Waals surface area contributed by atoms with Gasteiger partial charge in [-0.15, -0.1) is 0 Å². The third-order valence-corrected chi connectivity index (χ3v) is 4.69. The van der Waals surface area contributed by atoms with Crippen LogP contribution >= 0.6 is 15.9 Å². The average Bonchev–Trinajstić information content (AvgIpc) is 3.07. The molecule has 2 heterocycles. The molecular weight excluding hydrogens is 318 g/mol. The zero-order valence-corrected chi connectivity index (χ0v) is 12.3. The van der Waals surface area contributed by atoms with Crippen LogP contribution in [0.1, 0.15) is 23.1 Å². The van der Waals surface area contributed by atoms with Crippen LogP contribution in [-0.4, -0.2) is 24.2 Å². The minimum atomic E-state index is -0.992. The summed E-state index contributed by atoms with van der Waals surface area (Å²) in [6.07, 6.45) is 6.35. The molecule has 1 aliphatic carbocycles. The van der Waals surface area contributed by atoms with Crippen molar-refractivity contribution in [2.75, 3.05) is 0 Å². The summed E-state index contributed by atoms with van der Waals surface area (Å²) < 4.78 is 1.10. The quantitative estimate of drug-likeness (QED) is 0.840. The van der Waals surface area contributed by atoms with Crippen LogP contribution in [0.3, 0.4) is 0 Å². The molecule has 4 rings (SSSR count). The molecule has 1 aromatic carbocycles. The van der Waals surface area contributed by atoms with E-state index in [1.807, 2.05) is 6.07 Å². The molecule has 6 heteroatoms. The van der Waals surface area contributed by atoms with E-state index < -0.39 is 5.66 Å². The highest BCUT2D eigenvalue weighted by Gasteiger charge is 2.40. The van der Waals surface area contributed by atoms with Crippen molar-refractivity contribution >= 4 is 40.2 Å². The largest absolute Gasteiger partial charge is 0.298 e. The summed E-state index contributed by atoms with van der Waals surface area (Å²) in [4.78, 5) is 16.8. The number of nitrogens with zero attached hydrogens (tertiary/aromatic N) is 4. The number of rotatable bonds is 1. The smallest absolute Gasteiger partial charge is 0.182 e. The molecule has 0 fully saturated rings. The number of hydrogen-bond acceptors (Lipinski definition) is 5. The van der Waals surface area contributed by atoms with Gasteiger partial charge in [-0.3, -0.25) is 5.73 Å². The second-order valence-corrected chi connectivity index (χ2v) is 5.99. The molecule has 0 radical (unpaired) electrons. The molecule has 100 valence electrons. The number of nitrogens with two attached hydrogens (primary N) is 1. The molecule has 1 unspecified atom stereocenters. The lowest BCUT2D eigenvalue weighted by Gasteiger charge is -2.28. The number of halogens is 1. The van der Waals surface area contributed by atoms with Crippen molar-refractivity contribution in [3.63, 3.8) is 0 Å². The van der Waals surface area contributed by atoms with Gasteiger partial charge in [0.05, 0.1) is 0 Å². The topological polar surface area (TPSA) is 75.5 Å². The fraction of sp³-hybridized carbons (Fsp3) is 0.286. The van der Waals surface area contributed by atoms with Crippen molar-refractivity contribution < 1.29 is 0 Å². The van der Waals surface area contributed by atoms with Crippen molar-refractivity contribution in [2.24, 2.45) is 25.7 Å². The maximum Gasteiger partial charge on any atom is 0.182 e. The minimum absolute atomic E-state index is 0.555. The van der Waals surface area contributed by atoms with Gasteiger partial charge in [-0.05, 0) is 36.5 Å². The van der Waals surface area contributed by atoms with Gasteiger partial charge in [0.15, 0.2) is 11.5 Å². The van der Waals surface area contributed by atoms with Crippen LogP contribution in [0.4, 0.5) is 0 Å². The van der Waals surface area contributed by atoms with Gasteiger partial charge in [-0.25, -0.2) is 20.0 Å². The second-order valence-electron chi connectivity index (χ2n) is 5.14. The Balaban J connectivity index is 1.88. The van der Waals surface area contributed by atoms with E-state index in [-0.39, 0.29) is 0 Å². The maximum atomic E-state index is 6.52. The zero-order chi connectivity index (χ0) is 13.7. The Hall–Kier alpha value is -1.66. The number of aliphatic imine (C=N–C) groups is 4. The Bertz CT molecular complexity index is 731. The predicted molar refractivity (Wildman–Crippen MR) is 83.9 cm³/mol. The van der Waals surface area contributed by atoms with Gasteiger partial charge >= 0.3 is 0 Å². The number of amidine groups is 1. The van der Waals surface area contributed by atoms with Crippen LogP contribution in [0.5, 0.6) is 0 Å². The van der Waals surface area contributed by atoms with Crippen LogP contribution < -0.4 is 5.73 Å². The van der Waals surface area contributed by atoms with E-state index in [9.17, 15) is 0 Å². The SMILES string of the molecule is NC1(c2cc(Br)c3c(c2)CCC3)N=CN=C2N=CN=C21. The highest BCUT2D eigenvalue weighted by molar-refractivity contribution is 9.10. The molecule has 3 aliphatic rings. The van der Waals surface area contributed by atoms with Crippen molar-refractivity contribution in [1.29, 1.82) is 0 Å². The lowest BCUT2D eigenvalue weighted by molar-refractivity contribution is 0.645. The Morgan fingerprint density at radius 1 is 1.15 bits per heavy atom. The Labute approximate surface area is 124 Å². The zero-order valence-electron chi connectivity index (χ0n) is 10.7. The van der Waals surface area contributed by atoms with Crippen LogP contribution in [0.2, 0.25) is 0 Å². The molecular formula is C14H12BrN5. The molecule has 0 saturated heterocycles. The molecule has 5 nitrogen and oxygen atoms in total. The van der Waals surface area contributed by atoms with Gasteiger partial charge < -0.3 is 0 Å². The molecule has 0 bridgehead atoms. The van der Waals surface area contributed by atoms with Gasteiger partial charge in [-0.2, -0.15) is 0 Å².